The summed E-state index contributed by atoms with van der Waals surface area (Å²) in [6, 6.07) is 0. The molecule has 0 spiro atoms. The Labute approximate surface area is 101 Å². The van der Waals surface area contributed by atoms with Gasteiger partial charge in [0.05, 0.1) is 17.9 Å². The van der Waals surface area contributed by atoms with E-state index in [0.717, 1.165) is 0 Å². The number of aryl methyl sites for hydroxylation is 1. The molecule has 5 nitrogen and oxygen atoms in total. The van der Waals surface area contributed by atoms with Crippen LogP contribution < -0.4 is 0 Å². The SMILES string of the molecule is CCOC(=O)C(=O)c1cn(C)nc1C(C)(C)C. The number of Topliss-reactive ketones (excluding diaryl/α,β-unsaturated/α-hetero) is 1. The number of aromatic nitrogens is 2. The third-order valence-electron chi connectivity index (χ3n) is 2.24. The Balaban J connectivity index is 3.14. The summed E-state index contributed by atoms with van der Waals surface area (Å²) in [6.45, 7) is 7.68. The fraction of sp³-hybridized carbons (Fsp3) is 0.583. The average Bonchev–Trinajstić information content (AvgIpc) is 2.59. The topological polar surface area (TPSA) is 61.2 Å². The van der Waals surface area contributed by atoms with Crippen molar-refractivity contribution >= 4 is 11.8 Å². The number of hydrogen-bond acceptors (Lipinski definition) is 4. The van der Waals surface area contributed by atoms with Crippen LogP contribution in [0.3, 0.4) is 0 Å². The van der Waals surface area contributed by atoms with Crippen LogP contribution in [-0.4, -0.2) is 28.1 Å². The molecule has 0 aliphatic heterocycles. The number of rotatable bonds is 3. The number of nitrogens with zero attached hydrogens (tertiary/aromatic N) is 2. The number of hydrogen-bond donors (Lipinski definition) is 0. The highest BCUT2D eigenvalue weighted by molar-refractivity contribution is 6.40. The molecular weight excluding hydrogens is 220 g/mol. The van der Waals surface area contributed by atoms with Crippen molar-refractivity contribution in [3.8, 4) is 0 Å². The first-order valence-corrected chi connectivity index (χ1v) is 5.53. The number of ketones is 1. The molecule has 0 atom stereocenters. The molecule has 0 saturated heterocycles. The van der Waals surface area contributed by atoms with E-state index in [4.69, 9.17) is 4.74 Å². The second-order valence-electron chi connectivity index (χ2n) is 4.86. The number of esters is 1. The van der Waals surface area contributed by atoms with Crippen LogP contribution in [-0.2, 0) is 22.0 Å². The van der Waals surface area contributed by atoms with Crippen molar-refractivity contribution in [1.29, 1.82) is 0 Å². The number of carbonyl (C=O) groups is 2. The zero-order valence-electron chi connectivity index (χ0n) is 10.9. The molecule has 0 aromatic carbocycles. The van der Waals surface area contributed by atoms with Gasteiger partial charge in [0, 0.05) is 18.7 Å². The van der Waals surface area contributed by atoms with Crippen LogP contribution in [0.4, 0.5) is 0 Å². The third kappa shape index (κ3) is 2.93. The summed E-state index contributed by atoms with van der Waals surface area (Å²) in [5, 5.41) is 4.23. The van der Waals surface area contributed by atoms with Crippen molar-refractivity contribution in [2.45, 2.75) is 33.1 Å². The van der Waals surface area contributed by atoms with E-state index in [1.54, 1.807) is 20.2 Å². The molecule has 0 aliphatic carbocycles. The van der Waals surface area contributed by atoms with Gasteiger partial charge in [0.1, 0.15) is 0 Å². The molecule has 0 amide bonds. The smallest absolute Gasteiger partial charge is 0.379 e. The summed E-state index contributed by atoms with van der Waals surface area (Å²) in [5.74, 6) is -1.46. The van der Waals surface area contributed by atoms with Crippen LogP contribution in [0.15, 0.2) is 6.20 Å². The number of ether oxygens (including phenoxy) is 1. The van der Waals surface area contributed by atoms with Gasteiger partial charge in [0.2, 0.25) is 0 Å². The Morgan fingerprint density at radius 3 is 2.47 bits per heavy atom. The van der Waals surface area contributed by atoms with Gasteiger partial charge in [0.25, 0.3) is 5.78 Å². The van der Waals surface area contributed by atoms with E-state index in [2.05, 4.69) is 5.10 Å². The summed E-state index contributed by atoms with van der Waals surface area (Å²) >= 11 is 0. The highest BCUT2D eigenvalue weighted by atomic mass is 16.5. The molecule has 0 aliphatic rings. The van der Waals surface area contributed by atoms with Crippen molar-refractivity contribution in [1.82, 2.24) is 9.78 Å². The van der Waals surface area contributed by atoms with Crippen LogP contribution in [0.1, 0.15) is 43.7 Å². The molecule has 1 aromatic rings. The molecule has 0 saturated carbocycles. The van der Waals surface area contributed by atoms with E-state index < -0.39 is 11.8 Å². The summed E-state index contributed by atoms with van der Waals surface area (Å²) in [7, 11) is 1.72. The van der Waals surface area contributed by atoms with Gasteiger partial charge in [-0.3, -0.25) is 9.48 Å². The fourth-order valence-electron chi connectivity index (χ4n) is 1.52. The fourth-order valence-corrected chi connectivity index (χ4v) is 1.52. The number of carbonyl (C=O) groups excluding carboxylic acids is 2. The minimum absolute atomic E-state index is 0.190. The van der Waals surface area contributed by atoms with Gasteiger partial charge in [0.15, 0.2) is 0 Å². The second-order valence-corrected chi connectivity index (χ2v) is 4.86. The van der Waals surface area contributed by atoms with E-state index in [0.29, 0.717) is 11.3 Å². The molecule has 1 rings (SSSR count). The summed E-state index contributed by atoms with van der Waals surface area (Å²) < 4.78 is 6.24. The van der Waals surface area contributed by atoms with Crippen molar-refractivity contribution in [3.63, 3.8) is 0 Å². The zero-order valence-corrected chi connectivity index (χ0v) is 10.9. The highest BCUT2D eigenvalue weighted by Gasteiger charge is 2.29. The van der Waals surface area contributed by atoms with Crippen LogP contribution in [0.25, 0.3) is 0 Å². The Hall–Kier alpha value is -1.65. The highest BCUT2D eigenvalue weighted by Crippen LogP contribution is 2.24. The van der Waals surface area contributed by atoms with E-state index in [1.165, 1.54) is 4.68 Å². The lowest BCUT2D eigenvalue weighted by Crippen LogP contribution is -2.22. The lowest BCUT2D eigenvalue weighted by molar-refractivity contribution is -0.137. The Morgan fingerprint density at radius 1 is 1.41 bits per heavy atom. The predicted octanol–water partition coefficient (Wildman–Crippen LogP) is 1.46. The minimum atomic E-state index is -0.828. The molecule has 5 heteroatoms. The summed E-state index contributed by atoms with van der Waals surface area (Å²) in [6.07, 6.45) is 1.56. The van der Waals surface area contributed by atoms with Crippen molar-refractivity contribution in [2.75, 3.05) is 6.61 Å². The molecule has 0 N–H and O–H groups in total. The van der Waals surface area contributed by atoms with Gasteiger partial charge in [-0.05, 0) is 6.92 Å². The van der Waals surface area contributed by atoms with Gasteiger partial charge < -0.3 is 4.74 Å². The molecule has 0 bridgehead atoms. The molecule has 1 aromatic heterocycles. The molecule has 0 unspecified atom stereocenters. The van der Waals surface area contributed by atoms with Crippen molar-refractivity contribution in [3.05, 3.63) is 17.5 Å². The first kappa shape index (κ1) is 13.4. The minimum Gasteiger partial charge on any atom is -0.460 e. The Kier molecular flexibility index (Phi) is 3.70. The first-order chi connectivity index (χ1) is 7.77. The van der Waals surface area contributed by atoms with E-state index in [1.807, 2.05) is 20.8 Å². The summed E-state index contributed by atoms with van der Waals surface area (Å²) in [5.41, 5.74) is 0.634. The van der Waals surface area contributed by atoms with Gasteiger partial charge in [-0.15, -0.1) is 0 Å². The zero-order chi connectivity index (χ0) is 13.2. The van der Waals surface area contributed by atoms with Gasteiger partial charge in [-0.25, -0.2) is 4.79 Å². The van der Waals surface area contributed by atoms with Crippen molar-refractivity contribution in [2.24, 2.45) is 7.05 Å². The maximum atomic E-state index is 11.9. The van der Waals surface area contributed by atoms with Crippen molar-refractivity contribution < 1.29 is 14.3 Å². The molecule has 0 fully saturated rings. The van der Waals surface area contributed by atoms with Gasteiger partial charge >= 0.3 is 5.97 Å². The largest absolute Gasteiger partial charge is 0.460 e. The third-order valence-corrected chi connectivity index (χ3v) is 2.24. The lowest BCUT2D eigenvalue weighted by Gasteiger charge is -2.16. The molecule has 1 heterocycles. The van der Waals surface area contributed by atoms with E-state index >= 15 is 0 Å². The van der Waals surface area contributed by atoms with Gasteiger partial charge in [-0.2, -0.15) is 5.10 Å². The normalized spacial score (nSPS) is 11.4. The van der Waals surface area contributed by atoms with E-state index in [-0.39, 0.29) is 12.0 Å². The Morgan fingerprint density at radius 2 is 2.00 bits per heavy atom. The van der Waals surface area contributed by atoms with Crippen LogP contribution in [0, 0.1) is 0 Å². The standard InChI is InChI=1S/C12H18N2O3/c1-6-17-11(16)9(15)8-7-14(5)13-10(8)12(2,3)4/h7H,6H2,1-5H3. The van der Waals surface area contributed by atoms with E-state index in [9.17, 15) is 9.59 Å². The second kappa shape index (κ2) is 4.69. The first-order valence-electron chi connectivity index (χ1n) is 5.53. The monoisotopic (exact) mass is 238 g/mol. The van der Waals surface area contributed by atoms with Crippen LogP contribution >= 0.6 is 0 Å². The Bertz CT molecular complexity index is 441. The molecule has 17 heavy (non-hydrogen) atoms. The maximum Gasteiger partial charge on any atom is 0.379 e. The van der Waals surface area contributed by atoms with Crippen LogP contribution in [0.5, 0.6) is 0 Å². The van der Waals surface area contributed by atoms with Gasteiger partial charge in [-0.1, -0.05) is 20.8 Å². The average molecular weight is 238 g/mol. The van der Waals surface area contributed by atoms with Crippen LogP contribution in [0.2, 0.25) is 0 Å². The lowest BCUT2D eigenvalue weighted by atomic mass is 9.88. The quantitative estimate of drug-likeness (QED) is 0.454. The predicted molar refractivity (Wildman–Crippen MR) is 62.9 cm³/mol. The molecule has 0 radical (unpaired) electrons. The maximum absolute atomic E-state index is 11.9. The summed E-state index contributed by atoms with van der Waals surface area (Å²) in [4.78, 5) is 23.3. The molecular formula is C12H18N2O3. The molecule has 94 valence electrons.